The van der Waals surface area contributed by atoms with Crippen molar-refractivity contribution in [2.45, 2.75) is 44.9 Å². The number of carbonyl (C=O) groups excluding carboxylic acids is 1. The molecule has 0 aliphatic carbocycles. The van der Waals surface area contributed by atoms with E-state index in [2.05, 4.69) is 9.71 Å². The predicted octanol–water partition coefficient (Wildman–Crippen LogP) is 3.51. The highest BCUT2D eigenvalue weighted by Crippen LogP contribution is 2.29. The quantitative estimate of drug-likeness (QED) is 0.834. The van der Waals surface area contributed by atoms with Crippen LogP contribution in [0.25, 0.3) is 0 Å². The average Bonchev–Trinajstić information content (AvgIpc) is 2.92. The number of aryl methyl sites for hydroxylation is 3. The number of rotatable bonds is 4. The van der Waals surface area contributed by atoms with E-state index < -0.39 is 15.8 Å². The number of carbonyl (C=O) groups is 1. The minimum absolute atomic E-state index is 0.0423. The Morgan fingerprint density at radius 2 is 1.78 bits per heavy atom. The number of anilines is 1. The molecule has 6 nitrogen and oxygen atoms in total. The second-order valence-corrected chi connectivity index (χ2v) is 8.62. The summed E-state index contributed by atoms with van der Waals surface area (Å²) in [4.78, 5) is 17.7. The molecule has 0 unspecified atom stereocenters. The molecule has 1 amide bonds. The molecule has 1 aromatic heterocycles. The van der Waals surface area contributed by atoms with Crippen LogP contribution in [0.3, 0.4) is 0 Å². The van der Waals surface area contributed by atoms with E-state index in [1.54, 1.807) is 25.7 Å². The topological polar surface area (TPSA) is 82.3 Å². The van der Waals surface area contributed by atoms with Gasteiger partial charge in [0.1, 0.15) is 10.7 Å². The van der Waals surface area contributed by atoms with Crippen LogP contribution in [0, 0.1) is 26.6 Å². The number of benzene rings is 1. The SMILES string of the molecule is Cc1cc(F)ccc1NS(=O)(=O)c1c(C)[nH]c(C)c1C(=O)N1CCCCC1. The Morgan fingerprint density at radius 3 is 2.41 bits per heavy atom. The first-order chi connectivity index (χ1) is 12.7. The van der Waals surface area contributed by atoms with Crippen LogP contribution in [0.2, 0.25) is 0 Å². The zero-order chi connectivity index (χ0) is 19.8. The van der Waals surface area contributed by atoms with Crippen molar-refractivity contribution in [1.82, 2.24) is 9.88 Å². The molecule has 0 bridgehead atoms. The van der Waals surface area contributed by atoms with E-state index >= 15 is 0 Å². The van der Waals surface area contributed by atoms with Crippen LogP contribution in [0.5, 0.6) is 0 Å². The lowest BCUT2D eigenvalue weighted by molar-refractivity contribution is 0.0720. The van der Waals surface area contributed by atoms with E-state index in [9.17, 15) is 17.6 Å². The van der Waals surface area contributed by atoms with Crippen molar-refractivity contribution >= 4 is 21.6 Å². The third-order valence-electron chi connectivity index (χ3n) is 4.88. The maximum atomic E-state index is 13.3. The molecule has 0 spiro atoms. The monoisotopic (exact) mass is 393 g/mol. The van der Waals surface area contributed by atoms with Crippen LogP contribution >= 0.6 is 0 Å². The normalized spacial score (nSPS) is 15.0. The summed E-state index contributed by atoms with van der Waals surface area (Å²) in [5.74, 6) is -0.710. The zero-order valence-corrected chi connectivity index (χ0v) is 16.5. The van der Waals surface area contributed by atoms with E-state index in [0.29, 0.717) is 30.0 Å². The number of halogens is 1. The molecule has 1 aromatic carbocycles. The predicted molar refractivity (Wildman–Crippen MR) is 102 cm³/mol. The molecule has 3 rings (SSSR count). The molecular weight excluding hydrogens is 369 g/mol. The number of aromatic amines is 1. The number of H-pyrrole nitrogens is 1. The van der Waals surface area contributed by atoms with Crippen LogP contribution < -0.4 is 4.72 Å². The first-order valence-corrected chi connectivity index (χ1v) is 10.5. The fourth-order valence-corrected chi connectivity index (χ4v) is 5.13. The van der Waals surface area contributed by atoms with Crippen molar-refractivity contribution < 1.29 is 17.6 Å². The molecule has 0 saturated carbocycles. The summed E-state index contributed by atoms with van der Waals surface area (Å²) in [6, 6.07) is 3.83. The van der Waals surface area contributed by atoms with Gasteiger partial charge in [-0.15, -0.1) is 0 Å². The maximum absolute atomic E-state index is 13.3. The molecule has 2 heterocycles. The van der Waals surface area contributed by atoms with Crippen LogP contribution in [-0.4, -0.2) is 37.3 Å². The number of likely N-dealkylation sites (tertiary alicyclic amines) is 1. The summed E-state index contributed by atoms with van der Waals surface area (Å²) in [5.41, 5.74) is 1.86. The molecule has 27 heavy (non-hydrogen) atoms. The highest BCUT2D eigenvalue weighted by molar-refractivity contribution is 7.92. The van der Waals surface area contributed by atoms with Gasteiger partial charge in [0.05, 0.1) is 11.3 Å². The molecule has 2 aromatic rings. The fraction of sp³-hybridized carbons (Fsp3) is 0.421. The number of hydrogen-bond donors (Lipinski definition) is 2. The van der Waals surface area contributed by atoms with Gasteiger partial charge in [-0.25, -0.2) is 12.8 Å². The lowest BCUT2D eigenvalue weighted by atomic mass is 10.1. The average molecular weight is 393 g/mol. The summed E-state index contributed by atoms with van der Waals surface area (Å²) in [5, 5.41) is 0. The van der Waals surface area contributed by atoms with Crippen LogP contribution in [0.15, 0.2) is 23.1 Å². The second kappa shape index (κ2) is 7.34. The Hall–Kier alpha value is -2.35. The standard InChI is InChI=1S/C19H24FN3O3S/c1-12-11-15(20)7-8-16(12)22-27(25,26)18-14(3)21-13(2)17(18)19(24)23-9-5-4-6-10-23/h7-8,11,21-22H,4-6,9-10H2,1-3H3. The van der Waals surface area contributed by atoms with Crippen molar-refractivity contribution in [3.05, 3.63) is 46.5 Å². The fourth-order valence-electron chi connectivity index (χ4n) is 3.54. The minimum Gasteiger partial charge on any atom is -0.361 e. The van der Waals surface area contributed by atoms with Crippen LogP contribution in [-0.2, 0) is 10.0 Å². The molecule has 1 saturated heterocycles. The Bertz CT molecular complexity index is 976. The Morgan fingerprint density at radius 1 is 1.11 bits per heavy atom. The van der Waals surface area contributed by atoms with Crippen molar-refractivity contribution in [3.63, 3.8) is 0 Å². The largest absolute Gasteiger partial charge is 0.361 e. The smallest absolute Gasteiger partial charge is 0.264 e. The lowest BCUT2D eigenvalue weighted by Gasteiger charge is -2.27. The van der Waals surface area contributed by atoms with Crippen LogP contribution in [0.1, 0.15) is 46.6 Å². The van der Waals surface area contributed by atoms with E-state index in [0.717, 1.165) is 19.3 Å². The lowest BCUT2D eigenvalue weighted by Crippen LogP contribution is -2.36. The summed E-state index contributed by atoms with van der Waals surface area (Å²) >= 11 is 0. The van der Waals surface area contributed by atoms with E-state index in [4.69, 9.17) is 0 Å². The van der Waals surface area contributed by atoms with Crippen molar-refractivity contribution in [3.8, 4) is 0 Å². The number of piperidine rings is 1. The molecule has 1 fully saturated rings. The molecule has 1 aliphatic heterocycles. The number of hydrogen-bond acceptors (Lipinski definition) is 3. The number of nitrogens with zero attached hydrogens (tertiary/aromatic N) is 1. The third kappa shape index (κ3) is 3.85. The summed E-state index contributed by atoms with van der Waals surface area (Å²) in [6.45, 7) is 6.22. The van der Waals surface area contributed by atoms with Gasteiger partial charge in [0.15, 0.2) is 0 Å². The Balaban J connectivity index is 2.01. The first-order valence-electron chi connectivity index (χ1n) is 8.98. The van der Waals surface area contributed by atoms with Gasteiger partial charge in [-0.3, -0.25) is 9.52 Å². The van der Waals surface area contributed by atoms with Gasteiger partial charge in [0.2, 0.25) is 0 Å². The molecule has 0 radical (unpaired) electrons. The summed E-state index contributed by atoms with van der Waals surface area (Å²) in [6.07, 6.45) is 2.91. The number of nitrogens with one attached hydrogen (secondary N) is 2. The third-order valence-corrected chi connectivity index (χ3v) is 6.41. The highest BCUT2D eigenvalue weighted by Gasteiger charge is 2.32. The van der Waals surface area contributed by atoms with Crippen LogP contribution in [0.4, 0.5) is 10.1 Å². The molecule has 8 heteroatoms. The Kier molecular flexibility index (Phi) is 5.28. The van der Waals surface area contributed by atoms with Crippen molar-refractivity contribution in [2.24, 2.45) is 0 Å². The summed E-state index contributed by atoms with van der Waals surface area (Å²) in [7, 11) is -4.02. The minimum atomic E-state index is -4.02. The molecule has 2 N–H and O–H groups in total. The summed E-state index contributed by atoms with van der Waals surface area (Å²) < 4.78 is 42.0. The van der Waals surface area contributed by atoms with Gasteiger partial charge in [0.25, 0.3) is 15.9 Å². The van der Waals surface area contributed by atoms with Gasteiger partial charge < -0.3 is 9.88 Å². The Labute approximate surface area is 158 Å². The zero-order valence-electron chi connectivity index (χ0n) is 15.7. The van der Waals surface area contributed by atoms with E-state index in [1.165, 1.54) is 18.2 Å². The van der Waals surface area contributed by atoms with E-state index in [1.807, 2.05) is 0 Å². The highest BCUT2D eigenvalue weighted by atomic mass is 32.2. The van der Waals surface area contributed by atoms with E-state index in [-0.39, 0.29) is 22.1 Å². The van der Waals surface area contributed by atoms with Gasteiger partial charge in [0, 0.05) is 24.5 Å². The first kappa shape index (κ1) is 19.4. The van der Waals surface area contributed by atoms with Crippen molar-refractivity contribution in [2.75, 3.05) is 17.8 Å². The molecule has 0 atom stereocenters. The molecule has 1 aliphatic rings. The van der Waals surface area contributed by atoms with Gasteiger partial charge in [-0.1, -0.05) is 0 Å². The molecule has 146 valence electrons. The maximum Gasteiger partial charge on any atom is 0.264 e. The number of aromatic nitrogens is 1. The van der Waals surface area contributed by atoms with Gasteiger partial charge >= 0.3 is 0 Å². The second-order valence-electron chi connectivity index (χ2n) is 7.00. The van der Waals surface area contributed by atoms with Gasteiger partial charge in [-0.2, -0.15) is 0 Å². The number of sulfonamides is 1. The molecular formula is C19H24FN3O3S. The van der Waals surface area contributed by atoms with Gasteiger partial charge in [-0.05, 0) is 63.8 Å². The van der Waals surface area contributed by atoms with Crippen molar-refractivity contribution in [1.29, 1.82) is 0 Å². The number of amides is 1.